The van der Waals surface area contributed by atoms with Gasteiger partial charge in [0.25, 0.3) is 5.69 Å². The number of aliphatic imine (C=N–C) groups is 1. The predicted octanol–water partition coefficient (Wildman–Crippen LogP) is 4.51. The number of hydrogen-bond donors (Lipinski definition) is 0. The fourth-order valence-electron chi connectivity index (χ4n) is 2.74. The lowest BCUT2D eigenvalue weighted by Gasteiger charge is -1.99. The molecule has 1 heterocycles. The van der Waals surface area contributed by atoms with Gasteiger partial charge in [-0.25, -0.2) is 4.98 Å². The zero-order valence-corrected chi connectivity index (χ0v) is 13.3. The van der Waals surface area contributed by atoms with Crippen LogP contribution < -0.4 is 0 Å². The van der Waals surface area contributed by atoms with E-state index in [4.69, 9.17) is 4.42 Å². The molecule has 4 aromatic rings. The van der Waals surface area contributed by atoms with Crippen molar-refractivity contribution in [3.8, 4) is 6.07 Å². The number of non-ortho nitro benzene ring substituents is 1. The van der Waals surface area contributed by atoms with Crippen LogP contribution in [0.1, 0.15) is 11.5 Å². The molecule has 0 aliphatic rings. The van der Waals surface area contributed by atoms with Gasteiger partial charge in [0.2, 0.25) is 5.89 Å². The molecule has 0 aliphatic heterocycles. The Morgan fingerprint density at radius 2 is 1.96 bits per heavy atom. The molecule has 1 aromatic heterocycles. The zero-order chi connectivity index (χ0) is 18.1. The molecular weight excluding hydrogens is 332 g/mol. The molecule has 0 bridgehead atoms. The van der Waals surface area contributed by atoms with Crippen molar-refractivity contribution in [2.75, 3.05) is 0 Å². The van der Waals surface area contributed by atoms with E-state index in [9.17, 15) is 15.4 Å². The van der Waals surface area contributed by atoms with E-state index in [-0.39, 0.29) is 11.6 Å². The predicted molar refractivity (Wildman–Crippen MR) is 96.6 cm³/mol. The van der Waals surface area contributed by atoms with E-state index >= 15 is 0 Å². The highest BCUT2D eigenvalue weighted by molar-refractivity contribution is 6.06. The first kappa shape index (κ1) is 15.5. The maximum atomic E-state index is 10.8. The van der Waals surface area contributed by atoms with E-state index in [1.165, 1.54) is 18.3 Å². The highest BCUT2D eigenvalue weighted by atomic mass is 16.6. The van der Waals surface area contributed by atoms with Gasteiger partial charge in [-0.1, -0.05) is 30.3 Å². The van der Waals surface area contributed by atoms with Gasteiger partial charge in [0.05, 0.1) is 28.5 Å². The Bertz CT molecular complexity index is 1230. The van der Waals surface area contributed by atoms with Crippen molar-refractivity contribution in [3.63, 3.8) is 0 Å². The first-order valence-corrected chi connectivity index (χ1v) is 7.66. The molecule has 0 radical (unpaired) electrons. The van der Waals surface area contributed by atoms with Gasteiger partial charge in [0, 0.05) is 29.0 Å². The van der Waals surface area contributed by atoms with Crippen molar-refractivity contribution in [3.05, 3.63) is 76.2 Å². The second-order valence-electron chi connectivity index (χ2n) is 5.52. The van der Waals surface area contributed by atoms with Crippen LogP contribution in [0.4, 0.5) is 11.4 Å². The smallest absolute Gasteiger partial charge is 0.271 e. The quantitative estimate of drug-likeness (QED) is 0.309. The molecule has 0 saturated heterocycles. The molecule has 0 atom stereocenters. The zero-order valence-electron chi connectivity index (χ0n) is 13.3. The molecule has 0 N–H and O–H groups in total. The van der Waals surface area contributed by atoms with Crippen LogP contribution in [0.2, 0.25) is 0 Å². The van der Waals surface area contributed by atoms with Crippen molar-refractivity contribution in [2.24, 2.45) is 4.99 Å². The third kappa shape index (κ3) is 2.65. The molecular formula is C19H10N4O3. The molecule has 4 rings (SSSR count). The average Bonchev–Trinajstić information content (AvgIpc) is 3.09. The Morgan fingerprint density at radius 1 is 1.15 bits per heavy atom. The summed E-state index contributed by atoms with van der Waals surface area (Å²) in [6, 6.07) is 17.2. The number of nitro groups is 1. The molecule has 7 heteroatoms. The number of benzene rings is 3. The lowest BCUT2D eigenvalue weighted by atomic mass is 10.0. The fourth-order valence-corrected chi connectivity index (χ4v) is 2.74. The van der Waals surface area contributed by atoms with Crippen molar-refractivity contribution < 1.29 is 9.34 Å². The topological polar surface area (TPSA) is 105 Å². The number of aromatic nitrogens is 1. The molecule has 0 aliphatic carbocycles. The van der Waals surface area contributed by atoms with Gasteiger partial charge in [-0.05, 0) is 6.07 Å². The summed E-state index contributed by atoms with van der Waals surface area (Å²) in [5, 5.41) is 21.8. The summed E-state index contributed by atoms with van der Waals surface area (Å²) >= 11 is 0. The molecule has 3 aromatic carbocycles. The van der Waals surface area contributed by atoms with Crippen LogP contribution in [0, 0.1) is 21.4 Å². The Hall–Kier alpha value is -4.05. The highest BCUT2D eigenvalue weighted by Gasteiger charge is 2.12. The first-order valence-electron chi connectivity index (χ1n) is 7.66. The second kappa shape index (κ2) is 6.11. The standard InChI is InChI=1S/C19H10N4O3/c20-10-12-8-17-19(16-7-2-1-6-15(12)16)22-18(26-17)11-21-13-4-3-5-14(9-13)23(24)25/h1-9,11H. The summed E-state index contributed by atoms with van der Waals surface area (Å²) < 4.78 is 5.67. The van der Waals surface area contributed by atoms with Crippen LogP contribution in [0.5, 0.6) is 0 Å². The van der Waals surface area contributed by atoms with Crippen molar-refractivity contribution in [1.82, 2.24) is 4.98 Å². The van der Waals surface area contributed by atoms with Crippen LogP contribution in [-0.4, -0.2) is 16.1 Å². The van der Waals surface area contributed by atoms with E-state index in [0.717, 1.165) is 10.8 Å². The molecule has 0 spiro atoms. The van der Waals surface area contributed by atoms with Gasteiger partial charge >= 0.3 is 0 Å². The molecule has 124 valence electrons. The maximum absolute atomic E-state index is 10.8. The molecule has 0 fully saturated rings. The van der Waals surface area contributed by atoms with Crippen LogP contribution in [-0.2, 0) is 0 Å². The second-order valence-corrected chi connectivity index (χ2v) is 5.52. The SMILES string of the molecule is N#Cc1cc2oc(C=Nc3cccc([N+](=O)[O-])c3)nc2c2ccccc12. The van der Waals surface area contributed by atoms with Gasteiger partial charge in [-0.15, -0.1) is 0 Å². The third-order valence-corrected chi connectivity index (χ3v) is 3.90. The first-order chi connectivity index (χ1) is 12.7. The van der Waals surface area contributed by atoms with Gasteiger partial charge in [-0.3, -0.25) is 15.1 Å². The Labute approximate surface area is 147 Å². The van der Waals surface area contributed by atoms with Gasteiger partial charge in [-0.2, -0.15) is 5.26 Å². The van der Waals surface area contributed by atoms with E-state index in [1.807, 2.05) is 24.3 Å². The van der Waals surface area contributed by atoms with Gasteiger partial charge in [0.15, 0.2) is 5.58 Å². The molecule has 0 saturated carbocycles. The summed E-state index contributed by atoms with van der Waals surface area (Å²) in [7, 11) is 0. The molecule has 26 heavy (non-hydrogen) atoms. The van der Waals surface area contributed by atoms with Crippen LogP contribution >= 0.6 is 0 Å². The van der Waals surface area contributed by atoms with Crippen LogP contribution in [0.25, 0.3) is 21.9 Å². The summed E-state index contributed by atoms with van der Waals surface area (Å²) in [5.41, 5.74) is 2.01. The summed E-state index contributed by atoms with van der Waals surface area (Å²) in [6.45, 7) is 0. The number of nitriles is 1. The minimum atomic E-state index is -0.478. The Balaban J connectivity index is 1.79. The normalized spacial score (nSPS) is 11.2. The highest BCUT2D eigenvalue weighted by Crippen LogP contribution is 2.28. The average molecular weight is 342 g/mol. The van der Waals surface area contributed by atoms with Gasteiger partial charge < -0.3 is 4.42 Å². The summed E-state index contributed by atoms with van der Waals surface area (Å²) in [4.78, 5) is 19.0. The minimum absolute atomic E-state index is 0.0399. The fraction of sp³-hybridized carbons (Fsp3) is 0. The Morgan fingerprint density at radius 3 is 2.73 bits per heavy atom. The minimum Gasteiger partial charge on any atom is -0.435 e. The van der Waals surface area contributed by atoms with E-state index in [2.05, 4.69) is 16.0 Å². The Kier molecular flexibility index (Phi) is 3.64. The number of oxazole rings is 1. The lowest BCUT2D eigenvalue weighted by Crippen LogP contribution is -1.86. The summed E-state index contributed by atoms with van der Waals surface area (Å²) in [6.07, 6.45) is 1.40. The van der Waals surface area contributed by atoms with Crippen molar-refractivity contribution in [2.45, 2.75) is 0 Å². The van der Waals surface area contributed by atoms with Crippen LogP contribution in [0.15, 0.2) is 64.0 Å². The molecule has 7 nitrogen and oxygen atoms in total. The van der Waals surface area contributed by atoms with Crippen molar-refractivity contribution in [1.29, 1.82) is 5.26 Å². The maximum Gasteiger partial charge on any atom is 0.271 e. The number of fused-ring (bicyclic) bond motifs is 3. The third-order valence-electron chi connectivity index (χ3n) is 3.90. The van der Waals surface area contributed by atoms with Crippen molar-refractivity contribution >= 4 is 39.5 Å². The van der Waals surface area contributed by atoms with Gasteiger partial charge in [0.1, 0.15) is 5.52 Å². The van der Waals surface area contributed by atoms with Crippen LogP contribution in [0.3, 0.4) is 0 Å². The largest absolute Gasteiger partial charge is 0.435 e. The number of rotatable bonds is 3. The summed E-state index contributed by atoms with van der Waals surface area (Å²) in [5.74, 6) is 0.256. The van der Waals surface area contributed by atoms with E-state index < -0.39 is 4.92 Å². The monoisotopic (exact) mass is 342 g/mol. The van der Waals surface area contributed by atoms with E-state index in [1.54, 1.807) is 18.2 Å². The number of nitrogens with zero attached hydrogens (tertiary/aromatic N) is 4. The number of nitro benzene ring substituents is 1. The number of hydrogen-bond acceptors (Lipinski definition) is 6. The van der Waals surface area contributed by atoms with E-state index in [0.29, 0.717) is 22.4 Å². The lowest BCUT2D eigenvalue weighted by molar-refractivity contribution is -0.384. The molecule has 0 amide bonds. The molecule has 0 unspecified atom stereocenters.